The fraction of sp³-hybridized carbons (Fsp3) is 0.438. The summed E-state index contributed by atoms with van der Waals surface area (Å²) in [7, 11) is 0. The van der Waals surface area contributed by atoms with E-state index in [9.17, 15) is 20.4 Å². The summed E-state index contributed by atoms with van der Waals surface area (Å²) < 4.78 is 4.99. The Kier molecular flexibility index (Phi) is 20.0. The zero-order valence-corrected chi connectivity index (χ0v) is 16.8. The molecular weight excluding hydrogens is 536 g/mol. The van der Waals surface area contributed by atoms with Gasteiger partial charge < -0.3 is 50.0 Å². The van der Waals surface area contributed by atoms with Crippen molar-refractivity contribution in [1.29, 1.82) is 0 Å². The number of nitrogens with zero attached hydrogens (tertiary/aromatic N) is 1. The summed E-state index contributed by atoms with van der Waals surface area (Å²) in [5, 5.41) is 52.0. The van der Waals surface area contributed by atoms with Crippen LogP contribution in [0.1, 0.15) is 5.56 Å². The molecule has 1 saturated heterocycles. The molecule has 1 aliphatic heterocycles. The van der Waals surface area contributed by atoms with Gasteiger partial charge in [-0.05, 0) is 11.6 Å². The number of para-hydroxylation sites is 1. The van der Waals surface area contributed by atoms with Gasteiger partial charge in [0.25, 0.3) is 0 Å². The fourth-order valence-electron chi connectivity index (χ4n) is 2.13. The van der Waals surface area contributed by atoms with Crippen molar-refractivity contribution in [3.63, 3.8) is 0 Å². The summed E-state index contributed by atoms with van der Waals surface area (Å²) in [4.78, 5) is 23.2. The van der Waals surface area contributed by atoms with E-state index in [1.165, 1.54) is 6.07 Å². The van der Waals surface area contributed by atoms with Crippen LogP contribution in [0.5, 0.6) is 5.75 Å². The maximum absolute atomic E-state index is 9.90. The number of ether oxygens (including phenoxy) is 1. The minimum Gasteiger partial charge on any atom is -0.649 e. The predicted molar refractivity (Wildman–Crippen MR) is 89.2 cm³/mol. The molecule has 1 aliphatic rings. The average molecular weight is 558 g/mol. The maximum Gasteiger partial charge on any atom is 0.141 e. The third kappa shape index (κ3) is 9.28. The van der Waals surface area contributed by atoms with Crippen molar-refractivity contribution in [1.82, 2.24) is 0 Å². The second-order valence-electron chi connectivity index (χ2n) is 4.69. The van der Waals surface area contributed by atoms with E-state index in [-0.39, 0.29) is 32.7 Å². The van der Waals surface area contributed by atoms with Crippen molar-refractivity contribution in [3.8, 4) is 5.75 Å². The van der Waals surface area contributed by atoms with Crippen LogP contribution in [0.25, 0.3) is 5.32 Å². The topological polar surface area (TPSA) is 176 Å². The molecule has 155 valence electrons. The fourth-order valence-corrected chi connectivity index (χ4v) is 2.13. The van der Waals surface area contributed by atoms with E-state index in [1.54, 1.807) is 18.2 Å². The molecule has 5 unspecified atom stereocenters. The molecule has 0 aliphatic carbocycles. The summed E-state index contributed by atoms with van der Waals surface area (Å²) in [6.45, 7) is 9.30. The second kappa shape index (κ2) is 17.8. The van der Waals surface area contributed by atoms with Crippen LogP contribution in [-0.4, -0.2) is 83.2 Å². The molecule has 1 aromatic rings. The van der Waals surface area contributed by atoms with E-state index in [4.69, 9.17) is 24.2 Å². The number of carbonyl (C=O) groups excluding carboxylic acids is 3. The van der Waals surface area contributed by atoms with Crippen molar-refractivity contribution in [2.24, 2.45) is 0 Å². The predicted octanol–water partition coefficient (Wildman–Crippen LogP) is -1.76. The van der Waals surface area contributed by atoms with E-state index in [0.717, 1.165) is 0 Å². The minimum absolute atomic E-state index is 0. The SMILES string of the molecule is OCC1OC(O)C([N-]Cc2ccccc2O)C(O)C1O.[CH-]=O.[CH-]=O.[CH-]=O.[Re]. The van der Waals surface area contributed by atoms with Crippen molar-refractivity contribution >= 4 is 20.4 Å². The summed E-state index contributed by atoms with van der Waals surface area (Å²) >= 11 is 0. The Morgan fingerprint density at radius 2 is 1.48 bits per heavy atom. The van der Waals surface area contributed by atoms with Crippen LogP contribution in [0.15, 0.2) is 24.3 Å². The van der Waals surface area contributed by atoms with Crippen molar-refractivity contribution in [3.05, 3.63) is 35.1 Å². The van der Waals surface area contributed by atoms with Gasteiger partial charge in [0, 0.05) is 20.4 Å². The smallest absolute Gasteiger partial charge is 0.141 e. The van der Waals surface area contributed by atoms with E-state index in [0.29, 0.717) is 5.56 Å². The third-order valence-electron chi connectivity index (χ3n) is 3.33. The molecule has 1 heterocycles. The van der Waals surface area contributed by atoms with E-state index < -0.39 is 37.3 Å². The molecule has 1 fully saturated rings. The molecule has 0 aromatic heterocycles. The molecule has 1 radical (unpaired) electrons. The largest absolute Gasteiger partial charge is 0.649 e. The standard InChI is InChI=1S/C13H18NO6.3CHO.Re/c15-6-9-11(17)12(18)10(13(19)20-9)14-5-7-3-1-2-4-8(7)16;3*1-2;/h1-4,9-13,15-19H,5-6H2;3*1H;/q4*-1;. The number of benzene rings is 1. The number of phenols is 1. The number of rotatable bonds is 4. The van der Waals surface area contributed by atoms with Gasteiger partial charge in [0.15, 0.2) is 0 Å². The molecule has 0 bridgehead atoms. The molecule has 2 rings (SSSR count). The first kappa shape index (κ1) is 30.2. The van der Waals surface area contributed by atoms with Crippen LogP contribution in [0.4, 0.5) is 0 Å². The zero-order chi connectivity index (χ0) is 20.7. The molecule has 0 amide bonds. The first-order valence-corrected chi connectivity index (χ1v) is 6.99. The first-order valence-electron chi connectivity index (χ1n) is 6.99. The Balaban J connectivity index is -0.000000749. The van der Waals surface area contributed by atoms with Crippen molar-refractivity contribution < 1.29 is 65.1 Å². The van der Waals surface area contributed by atoms with Gasteiger partial charge in [-0.25, -0.2) is 0 Å². The number of aliphatic hydroxyl groups is 4. The number of aromatic hydroxyl groups is 1. The summed E-state index contributed by atoms with van der Waals surface area (Å²) in [6, 6.07) is 5.51. The number of aliphatic hydroxyl groups excluding tert-OH is 4. The van der Waals surface area contributed by atoms with Crippen LogP contribution >= 0.6 is 0 Å². The third-order valence-corrected chi connectivity index (χ3v) is 3.33. The van der Waals surface area contributed by atoms with Gasteiger partial charge in [0.1, 0.15) is 24.2 Å². The van der Waals surface area contributed by atoms with Gasteiger partial charge in [0.05, 0.1) is 12.7 Å². The van der Waals surface area contributed by atoms with Gasteiger partial charge in [-0.3, -0.25) is 20.4 Å². The van der Waals surface area contributed by atoms with Crippen molar-refractivity contribution in [2.75, 3.05) is 6.61 Å². The van der Waals surface area contributed by atoms with E-state index >= 15 is 0 Å². The minimum atomic E-state index is -1.42. The number of hydrogen-bond acceptors (Lipinski definition) is 9. The first-order chi connectivity index (χ1) is 12.5. The Hall–Kier alpha value is -1.55. The van der Waals surface area contributed by atoms with E-state index in [1.807, 2.05) is 0 Å². The summed E-state index contributed by atoms with van der Waals surface area (Å²) in [5.74, 6) is 0.0609. The van der Waals surface area contributed by atoms with Crippen molar-refractivity contribution in [2.45, 2.75) is 37.2 Å². The maximum atomic E-state index is 9.90. The number of phenolic OH excluding ortho intramolecular Hbond substituents is 1. The van der Waals surface area contributed by atoms with Gasteiger partial charge in [0.2, 0.25) is 0 Å². The molecule has 5 N–H and O–H groups in total. The zero-order valence-electron chi connectivity index (χ0n) is 14.0. The molecule has 27 heavy (non-hydrogen) atoms. The van der Waals surface area contributed by atoms with Gasteiger partial charge in [-0.2, -0.15) is 0 Å². The van der Waals surface area contributed by atoms with Gasteiger partial charge in [-0.1, -0.05) is 24.2 Å². The average Bonchev–Trinajstić information content (AvgIpc) is 2.70. The summed E-state index contributed by atoms with van der Waals surface area (Å²) in [5.41, 5.74) is 0.533. The normalized spacial score (nSPS) is 25.7. The Morgan fingerprint density at radius 1 is 0.963 bits per heavy atom. The molecule has 5 atom stereocenters. The van der Waals surface area contributed by atoms with Crippen LogP contribution in [-0.2, 0) is 46.1 Å². The molecule has 1 aromatic carbocycles. The summed E-state index contributed by atoms with van der Waals surface area (Å²) in [6.07, 6.45) is -5.14. The van der Waals surface area contributed by atoms with Crippen LogP contribution < -0.4 is 0 Å². The Bertz CT molecular complexity index is 492. The monoisotopic (exact) mass is 558 g/mol. The molecular formula is C16H21NO9Re-4. The molecule has 11 heteroatoms. The quantitative estimate of drug-likeness (QED) is 0.212. The van der Waals surface area contributed by atoms with Crippen LogP contribution in [0.2, 0.25) is 0 Å². The molecule has 10 nitrogen and oxygen atoms in total. The van der Waals surface area contributed by atoms with Crippen LogP contribution in [0, 0.1) is 0 Å². The molecule has 0 spiro atoms. The van der Waals surface area contributed by atoms with Gasteiger partial charge >= 0.3 is 0 Å². The Labute approximate surface area is 170 Å². The molecule has 0 saturated carbocycles. The van der Waals surface area contributed by atoms with Crippen LogP contribution in [0.3, 0.4) is 0 Å². The van der Waals surface area contributed by atoms with E-state index in [2.05, 4.69) is 25.7 Å². The second-order valence-corrected chi connectivity index (χ2v) is 4.69. The Morgan fingerprint density at radius 3 is 1.96 bits per heavy atom. The van der Waals surface area contributed by atoms with Gasteiger partial charge in [-0.15, -0.1) is 6.54 Å². The number of hydrogen-bond donors (Lipinski definition) is 5.